The first-order valence-electron chi connectivity index (χ1n) is 9.41. The van der Waals surface area contributed by atoms with Crippen LogP contribution < -0.4 is 15.5 Å². The number of para-hydroxylation sites is 1. The second kappa shape index (κ2) is 7.82. The summed E-state index contributed by atoms with van der Waals surface area (Å²) in [6.07, 6.45) is 0.849. The molecule has 0 saturated carbocycles. The number of rotatable bonds is 4. The number of carbonyl (C=O) groups excluding carboxylic acids is 2. The number of amides is 3. The Bertz CT molecular complexity index is 860. The van der Waals surface area contributed by atoms with Crippen LogP contribution in [-0.2, 0) is 11.2 Å². The summed E-state index contributed by atoms with van der Waals surface area (Å²) in [5, 5.41) is 5.74. The summed E-state index contributed by atoms with van der Waals surface area (Å²) in [6, 6.07) is 12.9. The average Bonchev–Trinajstić information content (AvgIpc) is 3.05. The zero-order valence-electron chi connectivity index (χ0n) is 16.4. The van der Waals surface area contributed by atoms with E-state index in [-0.39, 0.29) is 17.9 Å². The molecule has 0 aromatic heterocycles. The van der Waals surface area contributed by atoms with Crippen molar-refractivity contribution in [1.29, 1.82) is 0 Å². The highest BCUT2D eigenvalue weighted by Gasteiger charge is 2.32. The molecule has 0 bridgehead atoms. The molecule has 1 aliphatic heterocycles. The number of anilines is 2. The first-order valence-corrected chi connectivity index (χ1v) is 9.41. The van der Waals surface area contributed by atoms with Crippen LogP contribution in [0.2, 0.25) is 0 Å². The molecule has 0 radical (unpaired) electrons. The van der Waals surface area contributed by atoms with Crippen LogP contribution in [0, 0.1) is 19.8 Å². The van der Waals surface area contributed by atoms with Gasteiger partial charge in [0.25, 0.3) is 0 Å². The number of aryl methyl sites for hydroxylation is 2. The number of hydrogen-bond donors (Lipinski definition) is 2. The Labute approximate surface area is 160 Å². The Hall–Kier alpha value is -2.82. The summed E-state index contributed by atoms with van der Waals surface area (Å²) < 4.78 is 0. The lowest BCUT2D eigenvalue weighted by Gasteiger charge is -2.27. The van der Waals surface area contributed by atoms with E-state index in [1.165, 1.54) is 5.56 Å². The van der Waals surface area contributed by atoms with Gasteiger partial charge in [-0.1, -0.05) is 49.7 Å². The third kappa shape index (κ3) is 4.13. The zero-order valence-corrected chi connectivity index (χ0v) is 16.4. The van der Waals surface area contributed by atoms with Gasteiger partial charge in [0.2, 0.25) is 5.91 Å². The number of fused-ring (bicyclic) bond motifs is 1. The minimum absolute atomic E-state index is 0.0184. The first-order chi connectivity index (χ1) is 12.9. The van der Waals surface area contributed by atoms with Crippen molar-refractivity contribution in [3.8, 4) is 0 Å². The fraction of sp³-hybridized carbons (Fsp3) is 0.364. The number of carbonyl (C=O) groups is 2. The van der Waals surface area contributed by atoms with Crippen molar-refractivity contribution in [1.82, 2.24) is 5.32 Å². The molecule has 2 N–H and O–H groups in total. The lowest BCUT2D eigenvalue weighted by molar-refractivity contribution is -0.121. The van der Waals surface area contributed by atoms with Crippen LogP contribution in [-0.4, -0.2) is 24.5 Å². The smallest absolute Gasteiger partial charge is 0.319 e. The number of urea groups is 1. The first kappa shape index (κ1) is 19.0. The number of benzene rings is 2. The molecule has 0 fully saturated rings. The van der Waals surface area contributed by atoms with Gasteiger partial charge in [0.1, 0.15) is 6.04 Å². The molecular formula is C22H27N3O2. The molecule has 1 atom stereocenters. The van der Waals surface area contributed by atoms with Gasteiger partial charge in [0.15, 0.2) is 0 Å². The highest BCUT2D eigenvalue weighted by atomic mass is 16.2. The maximum atomic E-state index is 13.1. The SMILES string of the molecule is Cc1ccc(NC(=O)NC(C(=O)N2CCc3ccccc32)C(C)C)c(C)c1. The fourth-order valence-electron chi connectivity index (χ4n) is 3.50. The predicted molar refractivity (Wildman–Crippen MR) is 109 cm³/mol. The molecule has 27 heavy (non-hydrogen) atoms. The van der Waals surface area contributed by atoms with Crippen LogP contribution in [0.4, 0.5) is 16.2 Å². The van der Waals surface area contributed by atoms with E-state index in [4.69, 9.17) is 0 Å². The van der Waals surface area contributed by atoms with Crippen molar-refractivity contribution in [2.24, 2.45) is 5.92 Å². The van der Waals surface area contributed by atoms with E-state index in [1.807, 2.05) is 70.2 Å². The van der Waals surface area contributed by atoms with Crippen LogP contribution in [0.25, 0.3) is 0 Å². The largest absolute Gasteiger partial charge is 0.326 e. The van der Waals surface area contributed by atoms with Crippen LogP contribution >= 0.6 is 0 Å². The van der Waals surface area contributed by atoms with Crippen LogP contribution in [0.15, 0.2) is 42.5 Å². The van der Waals surface area contributed by atoms with Crippen molar-refractivity contribution in [3.63, 3.8) is 0 Å². The number of hydrogen-bond acceptors (Lipinski definition) is 2. The van der Waals surface area contributed by atoms with Crippen LogP contribution in [0.5, 0.6) is 0 Å². The van der Waals surface area contributed by atoms with Crippen molar-refractivity contribution in [2.75, 3.05) is 16.8 Å². The Morgan fingerprint density at radius 2 is 1.81 bits per heavy atom. The number of nitrogens with one attached hydrogen (secondary N) is 2. The van der Waals surface area contributed by atoms with E-state index >= 15 is 0 Å². The summed E-state index contributed by atoms with van der Waals surface area (Å²) in [7, 11) is 0. The molecule has 5 nitrogen and oxygen atoms in total. The molecule has 3 rings (SSSR count). The second-order valence-corrected chi connectivity index (χ2v) is 7.51. The third-order valence-corrected chi connectivity index (χ3v) is 5.00. The Balaban J connectivity index is 1.72. The Kier molecular flexibility index (Phi) is 5.49. The topological polar surface area (TPSA) is 61.4 Å². The molecule has 1 unspecified atom stereocenters. The third-order valence-electron chi connectivity index (χ3n) is 5.00. The minimum Gasteiger partial charge on any atom is -0.326 e. The lowest BCUT2D eigenvalue weighted by Crippen LogP contribution is -2.52. The Morgan fingerprint density at radius 1 is 1.07 bits per heavy atom. The van der Waals surface area contributed by atoms with Crippen molar-refractivity contribution in [3.05, 3.63) is 59.2 Å². The van der Waals surface area contributed by atoms with E-state index in [9.17, 15) is 9.59 Å². The molecule has 1 heterocycles. The number of nitrogens with zero attached hydrogens (tertiary/aromatic N) is 1. The van der Waals surface area contributed by atoms with E-state index in [2.05, 4.69) is 10.6 Å². The molecule has 5 heteroatoms. The van der Waals surface area contributed by atoms with Gasteiger partial charge in [0, 0.05) is 17.9 Å². The molecule has 0 aliphatic carbocycles. The van der Waals surface area contributed by atoms with E-state index in [0.717, 1.165) is 28.9 Å². The summed E-state index contributed by atoms with van der Waals surface area (Å²) >= 11 is 0. The molecule has 142 valence electrons. The van der Waals surface area contributed by atoms with Gasteiger partial charge < -0.3 is 15.5 Å². The van der Waals surface area contributed by atoms with Crippen molar-refractivity contribution < 1.29 is 9.59 Å². The molecule has 2 aromatic rings. The summed E-state index contributed by atoms with van der Waals surface area (Å²) in [5.41, 5.74) is 5.00. The van der Waals surface area contributed by atoms with Gasteiger partial charge in [-0.15, -0.1) is 0 Å². The van der Waals surface area contributed by atoms with Crippen molar-refractivity contribution in [2.45, 2.75) is 40.2 Å². The zero-order chi connectivity index (χ0) is 19.6. The van der Waals surface area contributed by atoms with E-state index in [1.54, 1.807) is 4.90 Å². The highest BCUT2D eigenvalue weighted by Crippen LogP contribution is 2.28. The summed E-state index contributed by atoms with van der Waals surface area (Å²) in [5.74, 6) is -0.0825. The summed E-state index contributed by atoms with van der Waals surface area (Å²) in [6.45, 7) is 8.51. The standard InChI is InChI=1S/C22H27N3O2/c1-14(2)20(21(26)25-12-11-17-7-5-6-8-19(17)25)24-22(27)23-18-10-9-15(3)13-16(18)4/h5-10,13-14,20H,11-12H2,1-4H3,(H2,23,24,27). The predicted octanol–water partition coefficient (Wildman–Crippen LogP) is 4.04. The molecule has 3 amide bonds. The molecule has 1 aliphatic rings. The van der Waals surface area contributed by atoms with Gasteiger partial charge in [-0.25, -0.2) is 4.79 Å². The quantitative estimate of drug-likeness (QED) is 0.859. The lowest BCUT2D eigenvalue weighted by atomic mass is 10.0. The van der Waals surface area contributed by atoms with Crippen molar-refractivity contribution >= 4 is 23.3 Å². The molecular weight excluding hydrogens is 338 g/mol. The van der Waals surface area contributed by atoms with Gasteiger partial charge in [-0.3, -0.25) is 4.79 Å². The minimum atomic E-state index is -0.582. The monoisotopic (exact) mass is 365 g/mol. The average molecular weight is 365 g/mol. The molecule has 0 spiro atoms. The molecule has 2 aromatic carbocycles. The molecule has 0 saturated heterocycles. The fourth-order valence-corrected chi connectivity index (χ4v) is 3.50. The maximum Gasteiger partial charge on any atom is 0.319 e. The van der Waals surface area contributed by atoms with Gasteiger partial charge in [-0.05, 0) is 49.4 Å². The normalized spacial score (nSPS) is 14.0. The second-order valence-electron chi connectivity index (χ2n) is 7.51. The Morgan fingerprint density at radius 3 is 2.52 bits per heavy atom. The van der Waals surface area contributed by atoms with Crippen LogP contribution in [0.3, 0.4) is 0 Å². The van der Waals surface area contributed by atoms with E-state index < -0.39 is 6.04 Å². The summed E-state index contributed by atoms with van der Waals surface area (Å²) in [4.78, 5) is 27.5. The van der Waals surface area contributed by atoms with E-state index in [0.29, 0.717) is 6.54 Å². The van der Waals surface area contributed by atoms with Gasteiger partial charge in [-0.2, -0.15) is 0 Å². The van der Waals surface area contributed by atoms with Crippen LogP contribution in [0.1, 0.15) is 30.5 Å². The van der Waals surface area contributed by atoms with Gasteiger partial charge in [0.05, 0.1) is 0 Å². The maximum absolute atomic E-state index is 13.1. The van der Waals surface area contributed by atoms with Gasteiger partial charge >= 0.3 is 6.03 Å². The highest BCUT2D eigenvalue weighted by molar-refractivity contribution is 6.02.